The van der Waals surface area contributed by atoms with Crippen LogP contribution in [-0.2, 0) is 6.61 Å². The number of carbonyl (C=O) groups is 1. The summed E-state index contributed by atoms with van der Waals surface area (Å²) in [5.41, 5.74) is 0.813. The van der Waals surface area contributed by atoms with Crippen LogP contribution in [0.1, 0.15) is 16.2 Å². The predicted molar refractivity (Wildman–Crippen MR) is 75.1 cm³/mol. The first-order valence-electron chi connectivity index (χ1n) is 6.25. The molecule has 3 aromatic rings. The molecule has 2 heterocycles. The highest BCUT2D eigenvalue weighted by Crippen LogP contribution is 2.23. The van der Waals surface area contributed by atoms with Gasteiger partial charge in [-0.2, -0.15) is 0 Å². The van der Waals surface area contributed by atoms with Crippen molar-refractivity contribution in [1.82, 2.24) is 15.0 Å². The van der Waals surface area contributed by atoms with E-state index in [1.165, 1.54) is 12.4 Å². The summed E-state index contributed by atoms with van der Waals surface area (Å²) < 4.78 is 5.67. The van der Waals surface area contributed by atoms with Crippen molar-refractivity contribution in [1.29, 1.82) is 0 Å². The Bertz CT molecular complexity index is 782. The molecule has 21 heavy (non-hydrogen) atoms. The first-order valence-corrected chi connectivity index (χ1v) is 6.25. The maximum Gasteiger partial charge on any atom is 0.338 e. The monoisotopic (exact) mass is 281 g/mol. The Morgan fingerprint density at radius 1 is 1.10 bits per heavy atom. The van der Waals surface area contributed by atoms with Crippen molar-refractivity contribution in [2.45, 2.75) is 6.61 Å². The van der Waals surface area contributed by atoms with Crippen molar-refractivity contribution in [3.8, 4) is 5.75 Å². The number of aromatic nitrogens is 3. The van der Waals surface area contributed by atoms with Crippen LogP contribution in [0.2, 0.25) is 0 Å². The Labute approximate surface area is 120 Å². The molecule has 0 unspecified atom stereocenters. The van der Waals surface area contributed by atoms with Gasteiger partial charge in [-0.3, -0.25) is 4.98 Å². The number of nitrogens with zero attached hydrogens (tertiary/aromatic N) is 3. The van der Waals surface area contributed by atoms with Gasteiger partial charge in [0.2, 0.25) is 0 Å². The van der Waals surface area contributed by atoms with Crippen LogP contribution in [0.3, 0.4) is 0 Å². The fourth-order valence-corrected chi connectivity index (χ4v) is 1.87. The van der Waals surface area contributed by atoms with E-state index in [2.05, 4.69) is 15.0 Å². The van der Waals surface area contributed by atoms with Crippen molar-refractivity contribution in [3.05, 3.63) is 60.3 Å². The number of ether oxygens (including phenoxy) is 1. The van der Waals surface area contributed by atoms with Crippen LogP contribution < -0.4 is 4.74 Å². The molecule has 1 aromatic carbocycles. The van der Waals surface area contributed by atoms with Gasteiger partial charge in [0.1, 0.15) is 17.9 Å². The van der Waals surface area contributed by atoms with Gasteiger partial charge >= 0.3 is 5.97 Å². The van der Waals surface area contributed by atoms with Gasteiger partial charge in [0.05, 0.1) is 5.56 Å². The molecule has 104 valence electrons. The lowest BCUT2D eigenvalue weighted by Crippen LogP contribution is -2.05. The smallest absolute Gasteiger partial charge is 0.338 e. The summed E-state index contributed by atoms with van der Waals surface area (Å²) in [7, 11) is 0. The Hall–Kier alpha value is -3.02. The fourth-order valence-electron chi connectivity index (χ4n) is 1.87. The first kappa shape index (κ1) is 13.0. The zero-order valence-corrected chi connectivity index (χ0v) is 10.9. The summed E-state index contributed by atoms with van der Waals surface area (Å²) >= 11 is 0. The maximum atomic E-state index is 10.7. The Morgan fingerprint density at radius 2 is 1.86 bits per heavy atom. The molecule has 0 bridgehead atoms. The van der Waals surface area contributed by atoms with E-state index in [0.29, 0.717) is 11.6 Å². The van der Waals surface area contributed by atoms with E-state index in [9.17, 15) is 4.79 Å². The van der Waals surface area contributed by atoms with Crippen LogP contribution in [0.25, 0.3) is 10.9 Å². The zero-order valence-electron chi connectivity index (χ0n) is 10.9. The van der Waals surface area contributed by atoms with Crippen LogP contribution in [-0.4, -0.2) is 26.0 Å². The summed E-state index contributed by atoms with van der Waals surface area (Å²) in [6.45, 7) is 0.148. The molecule has 6 nitrogen and oxygen atoms in total. The quantitative estimate of drug-likeness (QED) is 0.789. The number of pyridine rings is 1. The second-order valence-corrected chi connectivity index (χ2v) is 4.31. The third-order valence-corrected chi connectivity index (χ3v) is 2.90. The van der Waals surface area contributed by atoms with Crippen molar-refractivity contribution in [2.75, 3.05) is 0 Å². The molecule has 3 rings (SSSR count). The highest BCUT2D eigenvalue weighted by molar-refractivity contribution is 5.86. The molecule has 1 N–H and O–H groups in total. The summed E-state index contributed by atoms with van der Waals surface area (Å²) in [6, 6.07) is 9.47. The first-order chi connectivity index (χ1) is 10.2. The number of hydrogen-bond donors (Lipinski definition) is 1. The summed E-state index contributed by atoms with van der Waals surface area (Å²) in [5, 5.41) is 9.77. The van der Waals surface area contributed by atoms with Crippen LogP contribution in [0.5, 0.6) is 5.75 Å². The largest absolute Gasteiger partial charge is 0.483 e. The van der Waals surface area contributed by atoms with Crippen molar-refractivity contribution < 1.29 is 14.6 Å². The lowest BCUT2D eigenvalue weighted by Gasteiger charge is -2.07. The average molecular weight is 281 g/mol. The Balaban J connectivity index is 1.79. The van der Waals surface area contributed by atoms with Gasteiger partial charge in [-0.15, -0.1) is 0 Å². The van der Waals surface area contributed by atoms with E-state index in [0.717, 1.165) is 10.9 Å². The lowest BCUT2D eigenvalue weighted by atomic mass is 10.2. The Morgan fingerprint density at radius 3 is 2.62 bits per heavy atom. The molecule has 0 amide bonds. The van der Waals surface area contributed by atoms with E-state index in [1.54, 1.807) is 6.20 Å². The number of aromatic carboxylic acids is 1. The lowest BCUT2D eigenvalue weighted by molar-refractivity contribution is 0.0695. The molecule has 0 aliphatic heterocycles. The van der Waals surface area contributed by atoms with Gasteiger partial charge in [-0.05, 0) is 12.1 Å². The Kier molecular flexibility index (Phi) is 3.42. The van der Waals surface area contributed by atoms with Gasteiger partial charge < -0.3 is 9.84 Å². The molecular weight excluding hydrogens is 270 g/mol. The zero-order chi connectivity index (χ0) is 14.7. The fraction of sp³-hybridized carbons (Fsp3) is 0.0667. The second kappa shape index (κ2) is 5.54. The molecule has 0 aliphatic rings. The number of carboxylic acids is 1. The SMILES string of the molecule is O=C(O)c1cnc(COc2cccc3cccnc23)nc1. The van der Waals surface area contributed by atoms with Crippen molar-refractivity contribution in [3.63, 3.8) is 0 Å². The third kappa shape index (κ3) is 2.79. The minimum Gasteiger partial charge on any atom is -0.483 e. The number of rotatable bonds is 4. The van der Waals surface area contributed by atoms with E-state index < -0.39 is 5.97 Å². The summed E-state index contributed by atoms with van der Waals surface area (Å²) in [5.74, 6) is -0.00679. The molecule has 0 atom stereocenters. The molecule has 0 fully saturated rings. The standard InChI is InChI=1S/C15H11N3O3/c19-15(20)11-7-17-13(18-8-11)9-21-12-5-1-3-10-4-2-6-16-14(10)12/h1-8H,9H2,(H,19,20). The van der Waals surface area contributed by atoms with Crippen LogP contribution in [0.15, 0.2) is 48.9 Å². The molecule has 2 aromatic heterocycles. The summed E-state index contributed by atoms with van der Waals surface area (Å²) in [4.78, 5) is 22.9. The molecule has 6 heteroatoms. The minimum atomic E-state index is -1.05. The van der Waals surface area contributed by atoms with E-state index in [1.807, 2.05) is 30.3 Å². The predicted octanol–water partition coefficient (Wildman–Crippen LogP) is 2.30. The average Bonchev–Trinajstić information content (AvgIpc) is 2.53. The number of benzene rings is 1. The molecule has 0 radical (unpaired) electrons. The topological polar surface area (TPSA) is 85.2 Å². The molecular formula is C15H11N3O3. The molecule has 0 saturated carbocycles. The van der Waals surface area contributed by atoms with Crippen molar-refractivity contribution >= 4 is 16.9 Å². The minimum absolute atomic E-state index is 0.0468. The number of fused-ring (bicyclic) bond motifs is 1. The molecule has 0 aliphatic carbocycles. The normalized spacial score (nSPS) is 10.5. The van der Waals surface area contributed by atoms with Gasteiger partial charge in [-0.1, -0.05) is 18.2 Å². The van der Waals surface area contributed by atoms with E-state index >= 15 is 0 Å². The van der Waals surface area contributed by atoms with E-state index in [-0.39, 0.29) is 12.2 Å². The van der Waals surface area contributed by atoms with Crippen LogP contribution >= 0.6 is 0 Å². The van der Waals surface area contributed by atoms with Crippen LogP contribution in [0, 0.1) is 0 Å². The summed E-state index contributed by atoms with van der Waals surface area (Å²) in [6.07, 6.45) is 4.22. The molecule has 0 saturated heterocycles. The second-order valence-electron chi connectivity index (χ2n) is 4.31. The molecule has 0 spiro atoms. The van der Waals surface area contributed by atoms with Gasteiger partial charge in [0, 0.05) is 24.0 Å². The van der Waals surface area contributed by atoms with Crippen LogP contribution in [0.4, 0.5) is 0 Å². The number of carboxylic acid groups (broad SMARTS) is 1. The van der Waals surface area contributed by atoms with Gasteiger partial charge in [0.15, 0.2) is 5.82 Å². The third-order valence-electron chi connectivity index (χ3n) is 2.90. The number of para-hydroxylation sites is 1. The van der Waals surface area contributed by atoms with E-state index in [4.69, 9.17) is 9.84 Å². The maximum absolute atomic E-state index is 10.7. The van der Waals surface area contributed by atoms with Crippen molar-refractivity contribution in [2.24, 2.45) is 0 Å². The highest BCUT2D eigenvalue weighted by atomic mass is 16.5. The highest BCUT2D eigenvalue weighted by Gasteiger charge is 2.06. The van der Waals surface area contributed by atoms with Gasteiger partial charge in [-0.25, -0.2) is 14.8 Å². The van der Waals surface area contributed by atoms with Gasteiger partial charge in [0.25, 0.3) is 0 Å². The number of hydrogen-bond acceptors (Lipinski definition) is 5.